The molecule has 0 bridgehead atoms. The van der Waals surface area contributed by atoms with E-state index in [4.69, 9.17) is 10.6 Å². The van der Waals surface area contributed by atoms with Crippen LogP contribution in [-0.4, -0.2) is 37.9 Å². The lowest BCUT2D eigenvalue weighted by Crippen LogP contribution is -2.19. The summed E-state index contributed by atoms with van der Waals surface area (Å²) in [5, 5.41) is 4.16. The summed E-state index contributed by atoms with van der Waals surface area (Å²) in [5.41, 5.74) is 4.30. The highest BCUT2D eigenvalue weighted by atomic mass is 32.2. The standard InChI is InChI=1S/C12H16N6OS/c1-18-6-8(5-14-18)9-4-11(17-13)16-12(15-9)10-7-20-3-2-19-10/h4-6,10H,2-3,7,13H2,1H3,(H,15,16,17). The molecule has 1 saturated heterocycles. The number of nitrogens with zero attached hydrogens (tertiary/aromatic N) is 4. The molecule has 0 spiro atoms. The monoisotopic (exact) mass is 292 g/mol. The number of hydrogen-bond acceptors (Lipinski definition) is 7. The highest BCUT2D eigenvalue weighted by Crippen LogP contribution is 2.27. The molecule has 0 saturated carbocycles. The summed E-state index contributed by atoms with van der Waals surface area (Å²) in [6.45, 7) is 0.723. The molecule has 0 aromatic carbocycles. The van der Waals surface area contributed by atoms with Crippen LogP contribution >= 0.6 is 11.8 Å². The molecule has 20 heavy (non-hydrogen) atoms. The predicted molar refractivity (Wildman–Crippen MR) is 78.1 cm³/mol. The Kier molecular flexibility index (Phi) is 3.86. The fourth-order valence-corrected chi connectivity index (χ4v) is 2.86. The Morgan fingerprint density at radius 1 is 1.50 bits per heavy atom. The van der Waals surface area contributed by atoms with E-state index in [9.17, 15) is 0 Å². The summed E-state index contributed by atoms with van der Waals surface area (Å²) >= 11 is 1.84. The molecule has 2 aromatic heterocycles. The fraction of sp³-hybridized carbons (Fsp3) is 0.417. The summed E-state index contributed by atoms with van der Waals surface area (Å²) in [5.74, 6) is 8.61. The zero-order valence-electron chi connectivity index (χ0n) is 11.1. The molecule has 7 nitrogen and oxygen atoms in total. The normalized spacial score (nSPS) is 19.0. The van der Waals surface area contributed by atoms with Crippen LogP contribution in [0.5, 0.6) is 0 Å². The van der Waals surface area contributed by atoms with E-state index in [1.807, 2.05) is 25.0 Å². The van der Waals surface area contributed by atoms with Crippen LogP contribution in [0, 0.1) is 0 Å². The van der Waals surface area contributed by atoms with Gasteiger partial charge in [-0.25, -0.2) is 15.8 Å². The summed E-state index contributed by atoms with van der Waals surface area (Å²) in [6.07, 6.45) is 3.59. The number of rotatable bonds is 3. The van der Waals surface area contributed by atoms with Crippen LogP contribution in [0.4, 0.5) is 5.82 Å². The highest BCUT2D eigenvalue weighted by Gasteiger charge is 2.21. The van der Waals surface area contributed by atoms with Crippen molar-refractivity contribution in [1.29, 1.82) is 0 Å². The first-order valence-electron chi connectivity index (χ1n) is 6.30. The second kappa shape index (κ2) is 5.78. The second-order valence-electron chi connectivity index (χ2n) is 4.48. The lowest BCUT2D eigenvalue weighted by molar-refractivity contribution is 0.0696. The van der Waals surface area contributed by atoms with Gasteiger partial charge in [0.2, 0.25) is 0 Å². The number of aryl methyl sites for hydroxylation is 1. The van der Waals surface area contributed by atoms with Crippen molar-refractivity contribution in [3.63, 3.8) is 0 Å². The van der Waals surface area contributed by atoms with Gasteiger partial charge in [0.15, 0.2) is 5.82 Å². The van der Waals surface area contributed by atoms with Crippen molar-refractivity contribution in [2.45, 2.75) is 6.10 Å². The van der Waals surface area contributed by atoms with Crippen LogP contribution in [-0.2, 0) is 11.8 Å². The van der Waals surface area contributed by atoms with Gasteiger partial charge in [-0.2, -0.15) is 16.9 Å². The van der Waals surface area contributed by atoms with Gasteiger partial charge in [0.25, 0.3) is 0 Å². The molecule has 1 atom stereocenters. The SMILES string of the molecule is Cn1cc(-c2cc(NN)nc(C3CSCCO3)n2)cn1. The molecular formula is C12H16N6OS. The maximum atomic E-state index is 5.72. The highest BCUT2D eigenvalue weighted by molar-refractivity contribution is 7.99. The lowest BCUT2D eigenvalue weighted by atomic mass is 10.2. The number of hydrogen-bond donors (Lipinski definition) is 2. The topological polar surface area (TPSA) is 90.9 Å². The lowest BCUT2D eigenvalue weighted by Gasteiger charge is -2.21. The third kappa shape index (κ3) is 2.77. The van der Waals surface area contributed by atoms with Crippen LogP contribution < -0.4 is 11.3 Å². The minimum atomic E-state index is -0.0857. The predicted octanol–water partition coefficient (Wildman–Crippen LogP) is 0.967. The molecule has 8 heteroatoms. The van der Waals surface area contributed by atoms with Crippen molar-refractivity contribution in [2.75, 3.05) is 23.5 Å². The van der Waals surface area contributed by atoms with Crippen LogP contribution in [0.2, 0.25) is 0 Å². The van der Waals surface area contributed by atoms with Gasteiger partial charge < -0.3 is 10.2 Å². The van der Waals surface area contributed by atoms with E-state index in [0.29, 0.717) is 11.6 Å². The Balaban J connectivity index is 1.97. The number of ether oxygens (including phenoxy) is 1. The van der Waals surface area contributed by atoms with Crippen molar-refractivity contribution in [2.24, 2.45) is 12.9 Å². The Labute approximate surface area is 120 Å². The average molecular weight is 292 g/mol. The van der Waals surface area contributed by atoms with Crippen LogP contribution in [0.3, 0.4) is 0 Å². The first-order valence-corrected chi connectivity index (χ1v) is 7.45. The molecule has 1 aliphatic heterocycles. The number of hydrazine groups is 1. The quantitative estimate of drug-likeness (QED) is 0.643. The maximum Gasteiger partial charge on any atom is 0.161 e. The summed E-state index contributed by atoms with van der Waals surface area (Å²) < 4.78 is 7.46. The number of thioether (sulfide) groups is 1. The molecule has 3 N–H and O–H groups in total. The van der Waals surface area contributed by atoms with Crippen molar-refractivity contribution in [1.82, 2.24) is 19.7 Å². The summed E-state index contributed by atoms with van der Waals surface area (Å²) in [4.78, 5) is 8.99. The van der Waals surface area contributed by atoms with Crippen LogP contribution in [0.25, 0.3) is 11.3 Å². The third-order valence-electron chi connectivity index (χ3n) is 3.00. The zero-order valence-corrected chi connectivity index (χ0v) is 11.9. The maximum absolute atomic E-state index is 5.72. The Bertz CT molecular complexity index is 595. The van der Waals surface area contributed by atoms with Crippen molar-refractivity contribution >= 4 is 17.6 Å². The Hall–Kier alpha value is -1.64. The van der Waals surface area contributed by atoms with Gasteiger partial charge >= 0.3 is 0 Å². The van der Waals surface area contributed by atoms with Gasteiger partial charge in [0, 0.05) is 36.4 Å². The van der Waals surface area contributed by atoms with E-state index in [1.165, 1.54) is 0 Å². The molecule has 1 aliphatic rings. The minimum absolute atomic E-state index is 0.0857. The molecule has 1 fully saturated rings. The molecule has 1 unspecified atom stereocenters. The van der Waals surface area contributed by atoms with Gasteiger partial charge in [-0.1, -0.05) is 0 Å². The molecular weight excluding hydrogens is 276 g/mol. The number of nitrogens with one attached hydrogen (secondary N) is 1. The van der Waals surface area contributed by atoms with Crippen molar-refractivity contribution < 1.29 is 4.74 Å². The van der Waals surface area contributed by atoms with E-state index in [-0.39, 0.29) is 6.10 Å². The number of anilines is 1. The van der Waals surface area contributed by atoms with Gasteiger partial charge in [0.1, 0.15) is 11.9 Å². The summed E-state index contributed by atoms with van der Waals surface area (Å²) in [6, 6.07) is 1.80. The molecule has 3 heterocycles. The first-order chi connectivity index (χ1) is 9.76. The van der Waals surface area contributed by atoms with E-state index in [1.54, 1.807) is 16.9 Å². The molecule has 0 aliphatic carbocycles. The van der Waals surface area contributed by atoms with Gasteiger partial charge in [-0.05, 0) is 0 Å². The summed E-state index contributed by atoms with van der Waals surface area (Å²) in [7, 11) is 1.87. The fourth-order valence-electron chi connectivity index (χ4n) is 2.02. The molecule has 0 amide bonds. The minimum Gasteiger partial charge on any atom is -0.368 e. The first kappa shape index (κ1) is 13.3. The average Bonchev–Trinajstić information content (AvgIpc) is 2.94. The van der Waals surface area contributed by atoms with Crippen LogP contribution in [0.15, 0.2) is 18.5 Å². The third-order valence-corrected chi connectivity index (χ3v) is 3.99. The molecule has 3 rings (SSSR count). The van der Waals surface area contributed by atoms with Crippen molar-refractivity contribution in [3.8, 4) is 11.3 Å². The number of nitrogen functional groups attached to an aromatic ring is 1. The molecule has 2 aromatic rings. The van der Waals surface area contributed by atoms with E-state index in [2.05, 4.69) is 20.5 Å². The zero-order chi connectivity index (χ0) is 13.9. The van der Waals surface area contributed by atoms with E-state index in [0.717, 1.165) is 29.4 Å². The van der Waals surface area contributed by atoms with E-state index >= 15 is 0 Å². The number of nitrogens with two attached hydrogens (primary N) is 1. The molecule has 0 radical (unpaired) electrons. The number of aromatic nitrogens is 4. The Morgan fingerprint density at radius 3 is 3.05 bits per heavy atom. The van der Waals surface area contributed by atoms with Crippen molar-refractivity contribution in [3.05, 3.63) is 24.3 Å². The second-order valence-corrected chi connectivity index (χ2v) is 5.63. The smallest absolute Gasteiger partial charge is 0.161 e. The molecule has 106 valence electrons. The van der Waals surface area contributed by atoms with Gasteiger partial charge in [-0.3, -0.25) is 4.68 Å². The Morgan fingerprint density at radius 2 is 2.40 bits per heavy atom. The van der Waals surface area contributed by atoms with Crippen LogP contribution in [0.1, 0.15) is 11.9 Å². The van der Waals surface area contributed by atoms with E-state index < -0.39 is 0 Å². The van der Waals surface area contributed by atoms with Gasteiger partial charge in [-0.15, -0.1) is 0 Å². The largest absolute Gasteiger partial charge is 0.368 e. The van der Waals surface area contributed by atoms with Gasteiger partial charge in [0.05, 0.1) is 18.5 Å².